The van der Waals surface area contributed by atoms with Crippen molar-refractivity contribution in [2.24, 2.45) is 0 Å². The Labute approximate surface area is 131 Å². The van der Waals surface area contributed by atoms with Crippen LogP contribution in [-0.4, -0.2) is 15.9 Å². The van der Waals surface area contributed by atoms with Crippen LogP contribution in [0.2, 0.25) is 0 Å². The smallest absolute Gasteiger partial charge is 0.406 e. The molecule has 0 fully saturated rings. The number of hydrogen-bond acceptors (Lipinski definition) is 3. The molecule has 4 nitrogen and oxygen atoms in total. The van der Waals surface area contributed by atoms with E-state index in [1.807, 2.05) is 22.6 Å². The van der Waals surface area contributed by atoms with E-state index in [9.17, 15) is 18.0 Å². The van der Waals surface area contributed by atoms with E-state index in [1.165, 1.54) is 35.0 Å². The Morgan fingerprint density at radius 3 is 2.48 bits per heavy atom. The van der Waals surface area contributed by atoms with Gasteiger partial charge in [0.1, 0.15) is 11.6 Å². The Morgan fingerprint density at radius 1 is 1.29 bits per heavy atom. The molecule has 0 aliphatic carbocycles. The third-order valence-electron chi connectivity index (χ3n) is 2.70. The fraction of sp³-hybridized carbons (Fsp3) is 0.231. The zero-order valence-corrected chi connectivity index (χ0v) is 13.0. The molecular weight excluding hydrogens is 400 g/mol. The highest BCUT2D eigenvalue weighted by molar-refractivity contribution is 14.1. The molecule has 0 saturated carbocycles. The molecule has 0 N–H and O–H groups in total. The maximum Gasteiger partial charge on any atom is 0.573 e. The van der Waals surface area contributed by atoms with Gasteiger partial charge in [-0.05, 0) is 47.2 Å². The van der Waals surface area contributed by atoms with Gasteiger partial charge in [0.25, 0.3) is 5.56 Å². The molecule has 0 aliphatic rings. The van der Waals surface area contributed by atoms with Gasteiger partial charge in [0.15, 0.2) is 0 Å². The summed E-state index contributed by atoms with van der Waals surface area (Å²) in [7, 11) is 0. The first-order valence-electron chi connectivity index (χ1n) is 5.83. The van der Waals surface area contributed by atoms with Crippen molar-refractivity contribution in [2.45, 2.75) is 19.8 Å². The van der Waals surface area contributed by atoms with Crippen molar-refractivity contribution in [3.05, 3.63) is 55.8 Å². The fourth-order valence-electron chi connectivity index (χ4n) is 1.72. The van der Waals surface area contributed by atoms with E-state index in [-0.39, 0.29) is 17.9 Å². The van der Waals surface area contributed by atoms with Gasteiger partial charge in [0.05, 0.1) is 10.1 Å². The lowest BCUT2D eigenvalue weighted by molar-refractivity contribution is -0.274. The Kier molecular flexibility index (Phi) is 4.55. The molecule has 0 unspecified atom stereocenters. The van der Waals surface area contributed by atoms with E-state index in [0.29, 0.717) is 15.0 Å². The Bertz CT molecular complexity index is 696. The molecule has 112 valence electrons. The molecule has 0 radical (unpaired) electrons. The summed E-state index contributed by atoms with van der Waals surface area (Å²) in [5, 5.41) is 0. The molecule has 21 heavy (non-hydrogen) atoms. The molecule has 0 amide bonds. The van der Waals surface area contributed by atoms with Crippen LogP contribution >= 0.6 is 22.6 Å². The second-order valence-corrected chi connectivity index (χ2v) is 5.40. The maximum atomic E-state index is 12.1. The van der Waals surface area contributed by atoms with Gasteiger partial charge >= 0.3 is 6.36 Å². The summed E-state index contributed by atoms with van der Waals surface area (Å²) >= 11 is 1.89. The minimum atomic E-state index is -4.71. The molecule has 0 saturated heterocycles. The molecule has 1 aromatic heterocycles. The lowest BCUT2D eigenvalue weighted by Gasteiger charge is -2.11. The van der Waals surface area contributed by atoms with Crippen LogP contribution in [0.1, 0.15) is 11.4 Å². The molecule has 2 rings (SSSR count). The van der Waals surface area contributed by atoms with Crippen molar-refractivity contribution < 1.29 is 17.9 Å². The van der Waals surface area contributed by atoms with Crippen LogP contribution in [0.25, 0.3) is 0 Å². The number of hydrogen-bond donors (Lipinski definition) is 0. The van der Waals surface area contributed by atoms with Gasteiger partial charge in [-0.1, -0.05) is 12.1 Å². The molecule has 0 aliphatic heterocycles. The summed E-state index contributed by atoms with van der Waals surface area (Å²) < 4.78 is 41.9. The first-order valence-corrected chi connectivity index (χ1v) is 6.91. The van der Waals surface area contributed by atoms with Crippen LogP contribution in [0.15, 0.2) is 35.3 Å². The van der Waals surface area contributed by atoms with Crippen LogP contribution < -0.4 is 10.3 Å². The van der Waals surface area contributed by atoms with E-state index in [4.69, 9.17) is 0 Å². The second-order valence-electron chi connectivity index (χ2n) is 4.24. The Balaban J connectivity index is 2.22. The van der Waals surface area contributed by atoms with Crippen LogP contribution in [-0.2, 0) is 6.54 Å². The third-order valence-corrected chi connectivity index (χ3v) is 3.44. The van der Waals surface area contributed by atoms with Crippen LogP contribution in [0.5, 0.6) is 5.75 Å². The second kappa shape index (κ2) is 6.04. The summed E-state index contributed by atoms with van der Waals surface area (Å²) in [4.78, 5) is 16.1. The van der Waals surface area contributed by atoms with Crippen LogP contribution in [0.3, 0.4) is 0 Å². The van der Waals surface area contributed by atoms with E-state index in [0.717, 1.165) is 0 Å². The molecule has 8 heteroatoms. The average Bonchev–Trinajstić information content (AvgIpc) is 2.39. The van der Waals surface area contributed by atoms with Gasteiger partial charge < -0.3 is 4.74 Å². The topological polar surface area (TPSA) is 44.1 Å². The van der Waals surface area contributed by atoms with Crippen molar-refractivity contribution in [2.75, 3.05) is 0 Å². The molecular formula is C13H10F3IN2O2. The van der Waals surface area contributed by atoms with Crippen molar-refractivity contribution in [3.8, 4) is 5.75 Å². The van der Waals surface area contributed by atoms with Crippen molar-refractivity contribution in [1.29, 1.82) is 0 Å². The van der Waals surface area contributed by atoms with Gasteiger partial charge in [0, 0.05) is 6.20 Å². The van der Waals surface area contributed by atoms with E-state index in [2.05, 4.69) is 9.72 Å². The SMILES string of the molecule is Cc1ncc(I)c(=O)n1Cc1ccc(OC(F)(F)F)cc1. The standard InChI is InChI=1S/C13H10F3IN2O2/c1-8-18-6-11(17)12(20)19(8)7-9-2-4-10(5-3-9)21-13(14,15)16/h2-6H,7H2,1H3. The number of aromatic nitrogens is 2. The largest absolute Gasteiger partial charge is 0.573 e. The fourth-order valence-corrected chi connectivity index (χ4v) is 2.15. The Morgan fingerprint density at radius 2 is 1.90 bits per heavy atom. The average molecular weight is 410 g/mol. The number of halogens is 4. The minimum Gasteiger partial charge on any atom is -0.406 e. The van der Waals surface area contributed by atoms with Gasteiger partial charge in [-0.25, -0.2) is 4.98 Å². The molecule has 0 bridgehead atoms. The highest BCUT2D eigenvalue weighted by atomic mass is 127. The summed E-state index contributed by atoms with van der Waals surface area (Å²) in [6, 6.07) is 5.38. The number of nitrogens with zero attached hydrogens (tertiary/aromatic N) is 2. The van der Waals surface area contributed by atoms with E-state index >= 15 is 0 Å². The highest BCUT2D eigenvalue weighted by Crippen LogP contribution is 2.22. The summed E-state index contributed by atoms with van der Waals surface area (Å²) in [5.74, 6) is 0.243. The summed E-state index contributed by atoms with van der Waals surface area (Å²) in [6.45, 7) is 1.93. The van der Waals surface area contributed by atoms with E-state index in [1.54, 1.807) is 6.92 Å². The first kappa shape index (κ1) is 15.8. The van der Waals surface area contributed by atoms with E-state index < -0.39 is 6.36 Å². The van der Waals surface area contributed by atoms with Gasteiger partial charge in [-0.2, -0.15) is 0 Å². The quantitative estimate of drug-likeness (QED) is 0.731. The normalized spacial score (nSPS) is 11.5. The zero-order valence-electron chi connectivity index (χ0n) is 10.8. The van der Waals surface area contributed by atoms with Gasteiger partial charge in [-0.15, -0.1) is 13.2 Å². The number of alkyl halides is 3. The molecule has 1 heterocycles. The van der Waals surface area contributed by atoms with Gasteiger partial charge in [0.2, 0.25) is 0 Å². The van der Waals surface area contributed by atoms with Crippen LogP contribution in [0, 0.1) is 10.5 Å². The highest BCUT2D eigenvalue weighted by Gasteiger charge is 2.30. The zero-order chi connectivity index (χ0) is 15.6. The number of benzene rings is 1. The predicted molar refractivity (Wildman–Crippen MR) is 78.2 cm³/mol. The summed E-state index contributed by atoms with van der Waals surface area (Å²) in [5.41, 5.74) is 0.497. The number of ether oxygens (including phenoxy) is 1. The summed E-state index contributed by atoms with van der Waals surface area (Å²) in [6.07, 6.45) is -3.23. The van der Waals surface area contributed by atoms with Gasteiger partial charge in [-0.3, -0.25) is 9.36 Å². The molecule has 1 aromatic carbocycles. The monoisotopic (exact) mass is 410 g/mol. The molecule has 2 aromatic rings. The predicted octanol–water partition coefficient (Wildman–Crippen LogP) is 3.10. The molecule has 0 atom stereocenters. The van der Waals surface area contributed by atoms with Crippen LogP contribution in [0.4, 0.5) is 13.2 Å². The lowest BCUT2D eigenvalue weighted by Crippen LogP contribution is -2.26. The minimum absolute atomic E-state index is 0.182. The van der Waals surface area contributed by atoms with Crippen molar-refractivity contribution in [3.63, 3.8) is 0 Å². The van der Waals surface area contributed by atoms with Crippen molar-refractivity contribution >= 4 is 22.6 Å². The van der Waals surface area contributed by atoms with Crippen molar-refractivity contribution in [1.82, 2.24) is 9.55 Å². The Hall–Kier alpha value is -1.58. The first-order chi connectivity index (χ1) is 9.76. The lowest BCUT2D eigenvalue weighted by atomic mass is 10.2. The molecule has 0 spiro atoms. The third kappa shape index (κ3) is 4.19. The number of rotatable bonds is 3. The maximum absolute atomic E-state index is 12.1. The number of aryl methyl sites for hydroxylation is 1.